The van der Waals surface area contributed by atoms with Crippen LogP contribution in [0.15, 0.2) is 6.07 Å². The van der Waals surface area contributed by atoms with Gasteiger partial charge in [-0.15, -0.1) is 11.3 Å². The van der Waals surface area contributed by atoms with E-state index in [1.54, 1.807) is 11.3 Å². The average Bonchev–Trinajstić information content (AvgIpc) is 2.97. The van der Waals surface area contributed by atoms with Crippen LogP contribution >= 0.6 is 22.9 Å². The van der Waals surface area contributed by atoms with Gasteiger partial charge in [-0.1, -0.05) is 11.6 Å². The number of ether oxygens (including phenoxy) is 1. The molecule has 1 aliphatic heterocycles. The van der Waals surface area contributed by atoms with E-state index in [1.807, 2.05) is 0 Å². The van der Waals surface area contributed by atoms with Crippen molar-refractivity contribution in [1.82, 2.24) is 5.32 Å². The third-order valence-electron chi connectivity index (χ3n) is 3.73. The van der Waals surface area contributed by atoms with Gasteiger partial charge in [0.1, 0.15) is 0 Å². The molecule has 1 N–H and O–H groups in total. The van der Waals surface area contributed by atoms with Gasteiger partial charge >= 0.3 is 0 Å². The van der Waals surface area contributed by atoms with Crippen LogP contribution in [-0.4, -0.2) is 19.3 Å². The van der Waals surface area contributed by atoms with Crippen LogP contribution in [0.4, 0.5) is 0 Å². The maximum absolute atomic E-state index is 6.05. The molecule has 0 spiro atoms. The fourth-order valence-electron chi connectivity index (χ4n) is 2.83. The van der Waals surface area contributed by atoms with Crippen molar-refractivity contribution in [3.05, 3.63) is 20.8 Å². The molecule has 0 aromatic carbocycles. The molecular formula is C13H18ClNOS. The lowest BCUT2D eigenvalue weighted by atomic mass is 10.1. The highest BCUT2D eigenvalue weighted by Crippen LogP contribution is 2.39. The lowest BCUT2D eigenvalue weighted by molar-refractivity contribution is 0.103. The van der Waals surface area contributed by atoms with Gasteiger partial charge < -0.3 is 10.1 Å². The van der Waals surface area contributed by atoms with Crippen LogP contribution in [0.1, 0.15) is 42.2 Å². The summed E-state index contributed by atoms with van der Waals surface area (Å²) in [5, 5.41) is 3.65. The van der Waals surface area contributed by atoms with Crippen molar-refractivity contribution < 1.29 is 4.74 Å². The summed E-state index contributed by atoms with van der Waals surface area (Å²) in [7, 11) is 0. The second-order valence-electron chi connectivity index (χ2n) is 4.90. The minimum absolute atomic E-state index is 0.495. The van der Waals surface area contributed by atoms with Crippen molar-refractivity contribution in [3.63, 3.8) is 0 Å². The third kappa shape index (κ3) is 2.68. The van der Waals surface area contributed by atoms with E-state index < -0.39 is 0 Å². The van der Waals surface area contributed by atoms with Gasteiger partial charge in [-0.25, -0.2) is 0 Å². The summed E-state index contributed by atoms with van der Waals surface area (Å²) in [5.74, 6) is 0. The van der Waals surface area contributed by atoms with Crippen molar-refractivity contribution in [2.75, 3.05) is 13.2 Å². The van der Waals surface area contributed by atoms with Crippen molar-refractivity contribution in [1.29, 1.82) is 0 Å². The van der Waals surface area contributed by atoms with Gasteiger partial charge in [0.2, 0.25) is 0 Å². The van der Waals surface area contributed by atoms with Crippen LogP contribution in [0.25, 0.3) is 0 Å². The van der Waals surface area contributed by atoms with E-state index in [4.69, 9.17) is 16.3 Å². The van der Waals surface area contributed by atoms with Gasteiger partial charge in [-0.05, 0) is 50.3 Å². The van der Waals surface area contributed by atoms with Crippen molar-refractivity contribution >= 4 is 22.9 Å². The zero-order valence-electron chi connectivity index (χ0n) is 9.88. The first-order valence-electron chi connectivity index (χ1n) is 6.46. The van der Waals surface area contributed by atoms with Gasteiger partial charge in [-0.3, -0.25) is 0 Å². The monoisotopic (exact) mass is 271 g/mol. The number of thiophene rings is 1. The van der Waals surface area contributed by atoms with Gasteiger partial charge in [0.25, 0.3) is 0 Å². The van der Waals surface area contributed by atoms with E-state index in [1.165, 1.54) is 36.1 Å². The first kappa shape index (κ1) is 12.0. The second kappa shape index (κ2) is 5.27. The summed E-state index contributed by atoms with van der Waals surface area (Å²) in [6.45, 7) is 2.01. The number of fused-ring (bicyclic) bond motifs is 1. The maximum atomic E-state index is 6.05. The molecule has 1 fully saturated rings. The summed E-state index contributed by atoms with van der Waals surface area (Å²) >= 11 is 7.79. The van der Waals surface area contributed by atoms with Gasteiger partial charge in [0, 0.05) is 17.5 Å². The molecule has 1 saturated heterocycles. The van der Waals surface area contributed by atoms with Crippen LogP contribution in [0, 0.1) is 0 Å². The molecule has 2 aliphatic rings. The quantitative estimate of drug-likeness (QED) is 0.904. The number of hydrogen-bond acceptors (Lipinski definition) is 3. The molecule has 17 heavy (non-hydrogen) atoms. The zero-order valence-corrected chi connectivity index (χ0v) is 11.4. The van der Waals surface area contributed by atoms with Gasteiger partial charge in [0.05, 0.1) is 10.4 Å². The Hall–Kier alpha value is -0.0900. The van der Waals surface area contributed by atoms with Crippen LogP contribution in [0.2, 0.25) is 4.34 Å². The molecule has 0 amide bonds. The lowest BCUT2D eigenvalue weighted by Crippen LogP contribution is -2.23. The third-order valence-corrected chi connectivity index (χ3v) is 5.07. The Labute approximate surface area is 111 Å². The Morgan fingerprint density at radius 1 is 1.47 bits per heavy atom. The predicted molar refractivity (Wildman–Crippen MR) is 72.0 cm³/mol. The molecule has 1 aromatic heterocycles. The van der Waals surface area contributed by atoms with E-state index in [0.717, 1.165) is 23.9 Å². The maximum Gasteiger partial charge on any atom is 0.0934 e. The van der Waals surface area contributed by atoms with Crippen LogP contribution in [-0.2, 0) is 11.2 Å². The van der Waals surface area contributed by atoms with Crippen molar-refractivity contribution in [3.8, 4) is 0 Å². The van der Waals surface area contributed by atoms with E-state index >= 15 is 0 Å². The highest BCUT2D eigenvalue weighted by atomic mass is 35.5. The molecule has 1 aliphatic carbocycles. The molecule has 2 atom stereocenters. The molecule has 0 bridgehead atoms. The first-order valence-corrected chi connectivity index (χ1v) is 7.65. The molecule has 2 unspecified atom stereocenters. The molecule has 2 nitrogen and oxygen atoms in total. The normalized spacial score (nSPS) is 27.6. The number of hydrogen-bond donors (Lipinski definition) is 1. The standard InChI is InChI=1S/C13H18ClNOS/c14-13-8-10-11(3-4-12(10)17-13)15-6-5-9-2-1-7-16-9/h8-9,11,15H,1-7H2. The molecule has 0 saturated carbocycles. The average molecular weight is 272 g/mol. The van der Waals surface area contributed by atoms with E-state index in [-0.39, 0.29) is 0 Å². The second-order valence-corrected chi connectivity index (χ2v) is 6.67. The lowest BCUT2D eigenvalue weighted by Gasteiger charge is -2.15. The predicted octanol–water partition coefficient (Wildman–Crippen LogP) is 3.55. The molecule has 1 aromatic rings. The van der Waals surface area contributed by atoms with Crippen molar-refractivity contribution in [2.24, 2.45) is 0 Å². The fraction of sp³-hybridized carbons (Fsp3) is 0.692. The van der Waals surface area contributed by atoms with Crippen LogP contribution < -0.4 is 5.32 Å². The van der Waals surface area contributed by atoms with Crippen LogP contribution in [0.5, 0.6) is 0 Å². The summed E-state index contributed by atoms with van der Waals surface area (Å²) in [6, 6.07) is 2.66. The van der Waals surface area contributed by atoms with Gasteiger partial charge in [-0.2, -0.15) is 0 Å². The van der Waals surface area contributed by atoms with E-state index in [0.29, 0.717) is 12.1 Å². The van der Waals surface area contributed by atoms with E-state index in [2.05, 4.69) is 11.4 Å². The number of nitrogens with one attached hydrogen (secondary N) is 1. The summed E-state index contributed by atoms with van der Waals surface area (Å²) in [5.41, 5.74) is 1.44. The Morgan fingerprint density at radius 3 is 3.24 bits per heavy atom. The van der Waals surface area contributed by atoms with E-state index in [9.17, 15) is 0 Å². The number of aryl methyl sites for hydroxylation is 1. The summed E-state index contributed by atoms with van der Waals surface area (Å²) in [4.78, 5) is 1.48. The Morgan fingerprint density at radius 2 is 2.41 bits per heavy atom. The van der Waals surface area contributed by atoms with Gasteiger partial charge in [0.15, 0.2) is 0 Å². The molecule has 94 valence electrons. The fourth-order valence-corrected chi connectivity index (χ4v) is 4.19. The molecular weight excluding hydrogens is 254 g/mol. The Balaban J connectivity index is 1.49. The highest BCUT2D eigenvalue weighted by Gasteiger charge is 2.25. The number of halogens is 1. The SMILES string of the molecule is Clc1cc2c(s1)CCC2NCCC1CCCO1. The Kier molecular flexibility index (Phi) is 3.71. The molecule has 4 heteroatoms. The number of rotatable bonds is 4. The smallest absolute Gasteiger partial charge is 0.0934 e. The molecule has 0 radical (unpaired) electrons. The first-order chi connectivity index (χ1) is 8.33. The van der Waals surface area contributed by atoms with Crippen molar-refractivity contribution in [2.45, 2.75) is 44.2 Å². The minimum Gasteiger partial charge on any atom is -0.378 e. The minimum atomic E-state index is 0.495. The van der Waals surface area contributed by atoms with Crippen LogP contribution in [0.3, 0.4) is 0 Å². The zero-order chi connectivity index (χ0) is 11.7. The topological polar surface area (TPSA) is 21.3 Å². The summed E-state index contributed by atoms with van der Waals surface area (Å²) < 4.78 is 6.56. The molecule has 2 heterocycles. The molecule has 3 rings (SSSR count). The largest absolute Gasteiger partial charge is 0.378 e. The highest BCUT2D eigenvalue weighted by molar-refractivity contribution is 7.16. The summed E-state index contributed by atoms with van der Waals surface area (Å²) in [6.07, 6.45) is 6.52. The Bertz CT molecular complexity index is 387.